The molecule has 4 nitrogen and oxygen atoms in total. The molecule has 0 aromatic heterocycles. The van der Waals surface area contributed by atoms with E-state index in [4.69, 9.17) is 5.21 Å². The van der Waals surface area contributed by atoms with Crippen LogP contribution < -0.4 is 5.48 Å². The van der Waals surface area contributed by atoms with E-state index in [2.05, 4.69) is 0 Å². The Kier molecular flexibility index (Phi) is 5.50. The van der Waals surface area contributed by atoms with E-state index >= 15 is 0 Å². The Balaban J connectivity index is 3.13. The van der Waals surface area contributed by atoms with Crippen LogP contribution in [0.3, 0.4) is 0 Å². The minimum atomic E-state index is -1.09. The van der Waals surface area contributed by atoms with Crippen LogP contribution in [0, 0.1) is 5.92 Å². The van der Waals surface area contributed by atoms with Crippen LogP contribution in [0.5, 0.6) is 0 Å². The molecule has 0 heterocycles. The SMILES string of the molecule is CC(C)C(CC(=O)NO)c1ccccc1S(C)=O. The summed E-state index contributed by atoms with van der Waals surface area (Å²) in [6, 6.07) is 7.42. The molecule has 0 aliphatic rings. The highest BCUT2D eigenvalue weighted by atomic mass is 32.2. The Bertz CT molecular complexity index is 446. The van der Waals surface area contributed by atoms with Crippen molar-refractivity contribution in [1.82, 2.24) is 5.48 Å². The van der Waals surface area contributed by atoms with E-state index in [1.165, 1.54) is 0 Å². The average Bonchev–Trinajstić information content (AvgIpc) is 2.35. The Morgan fingerprint density at radius 2 is 2.00 bits per heavy atom. The first kappa shape index (κ1) is 14.9. The van der Waals surface area contributed by atoms with E-state index in [0.717, 1.165) is 10.5 Å². The van der Waals surface area contributed by atoms with Gasteiger partial charge in [0.25, 0.3) is 0 Å². The van der Waals surface area contributed by atoms with E-state index in [1.807, 2.05) is 38.1 Å². The van der Waals surface area contributed by atoms with E-state index < -0.39 is 16.7 Å². The summed E-state index contributed by atoms with van der Waals surface area (Å²) in [5.41, 5.74) is 2.57. The van der Waals surface area contributed by atoms with E-state index in [1.54, 1.807) is 11.7 Å². The van der Waals surface area contributed by atoms with Crippen molar-refractivity contribution < 1.29 is 14.2 Å². The number of carbonyl (C=O) groups excluding carboxylic acids is 1. The third-order valence-corrected chi connectivity index (χ3v) is 3.95. The second-order valence-corrected chi connectivity index (χ2v) is 5.93. The van der Waals surface area contributed by atoms with E-state index in [-0.39, 0.29) is 18.3 Å². The van der Waals surface area contributed by atoms with Crippen LogP contribution in [-0.4, -0.2) is 21.6 Å². The van der Waals surface area contributed by atoms with Crippen molar-refractivity contribution in [2.24, 2.45) is 5.92 Å². The normalized spacial score (nSPS) is 14.3. The fraction of sp³-hybridized carbons (Fsp3) is 0.462. The summed E-state index contributed by atoms with van der Waals surface area (Å²) in [5, 5.41) is 8.63. The number of hydrogen-bond donors (Lipinski definition) is 2. The number of amides is 1. The van der Waals surface area contributed by atoms with Gasteiger partial charge in [-0.05, 0) is 23.5 Å². The molecule has 0 bridgehead atoms. The number of nitrogens with one attached hydrogen (secondary N) is 1. The van der Waals surface area contributed by atoms with Gasteiger partial charge in [-0.3, -0.25) is 14.2 Å². The largest absolute Gasteiger partial charge is 0.289 e. The quantitative estimate of drug-likeness (QED) is 0.635. The number of benzene rings is 1. The van der Waals surface area contributed by atoms with Crippen LogP contribution in [-0.2, 0) is 15.6 Å². The lowest BCUT2D eigenvalue weighted by atomic mass is 9.85. The van der Waals surface area contributed by atoms with Crippen molar-refractivity contribution in [3.05, 3.63) is 29.8 Å². The molecule has 1 amide bonds. The number of carbonyl (C=O) groups is 1. The molecule has 0 radical (unpaired) electrons. The van der Waals surface area contributed by atoms with Crippen molar-refractivity contribution >= 4 is 16.7 Å². The molecule has 1 aromatic carbocycles. The number of rotatable bonds is 5. The Morgan fingerprint density at radius 1 is 1.39 bits per heavy atom. The monoisotopic (exact) mass is 269 g/mol. The molecule has 0 aliphatic heterocycles. The van der Waals surface area contributed by atoms with Crippen LogP contribution in [0.2, 0.25) is 0 Å². The summed E-state index contributed by atoms with van der Waals surface area (Å²) < 4.78 is 11.7. The zero-order valence-electron chi connectivity index (χ0n) is 10.8. The maximum Gasteiger partial charge on any atom is 0.243 e. The van der Waals surface area contributed by atoms with Crippen molar-refractivity contribution in [2.45, 2.75) is 31.1 Å². The highest BCUT2D eigenvalue weighted by molar-refractivity contribution is 7.84. The Labute approximate surface area is 110 Å². The van der Waals surface area contributed by atoms with Crippen LogP contribution in [0.4, 0.5) is 0 Å². The molecule has 5 heteroatoms. The smallest absolute Gasteiger partial charge is 0.243 e. The van der Waals surface area contributed by atoms with Crippen LogP contribution >= 0.6 is 0 Å². The summed E-state index contributed by atoms with van der Waals surface area (Å²) in [6.45, 7) is 4.01. The molecule has 18 heavy (non-hydrogen) atoms. The first-order valence-corrected chi connectivity index (χ1v) is 7.38. The molecule has 0 saturated carbocycles. The van der Waals surface area contributed by atoms with Gasteiger partial charge >= 0.3 is 0 Å². The zero-order chi connectivity index (χ0) is 13.7. The highest BCUT2D eigenvalue weighted by Crippen LogP contribution is 2.31. The van der Waals surface area contributed by atoms with Crippen molar-refractivity contribution in [3.8, 4) is 0 Å². The highest BCUT2D eigenvalue weighted by Gasteiger charge is 2.22. The Morgan fingerprint density at radius 3 is 2.50 bits per heavy atom. The van der Waals surface area contributed by atoms with Gasteiger partial charge in [0.1, 0.15) is 0 Å². The predicted molar refractivity (Wildman–Crippen MR) is 70.9 cm³/mol. The molecule has 2 atom stereocenters. The number of hydroxylamine groups is 1. The van der Waals surface area contributed by atoms with Gasteiger partial charge in [-0.1, -0.05) is 32.0 Å². The van der Waals surface area contributed by atoms with Gasteiger partial charge in [0, 0.05) is 17.6 Å². The fourth-order valence-electron chi connectivity index (χ4n) is 2.00. The maximum absolute atomic E-state index is 11.7. The van der Waals surface area contributed by atoms with Crippen LogP contribution in [0.25, 0.3) is 0 Å². The summed E-state index contributed by atoms with van der Waals surface area (Å²) >= 11 is 0. The number of hydrogen-bond acceptors (Lipinski definition) is 3. The molecular weight excluding hydrogens is 250 g/mol. The van der Waals surface area contributed by atoms with E-state index in [0.29, 0.717) is 0 Å². The second-order valence-electron chi connectivity index (χ2n) is 4.58. The minimum absolute atomic E-state index is 0.0581. The molecule has 0 saturated heterocycles. The lowest BCUT2D eigenvalue weighted by Crippen LogP contribution is -2.23. The van der Waals surface area contributed by atoms with Crippen LogP contribution in [0.15, 0.2) is 29.2 Å². The third kappa shape index (κ3) is 3.65. The maximum atomic E-state index is 11.7. The van der Waals surface area contributed by atoms with Crippen LogP contribution in [0.1, 0.15) is 31.7 Å². The minimum Gasteiger partial charge on any atom is -0.289 e. The van der Waals surface area contributed by atoms with Gasteiger partial charge < -0.3 is 0 Å². The second kappa shape index (κ2) is 6.66. The molecular formula is C13H19NO3S. The van der Waals surface area contributed by atoms with Crippen molar-refractivity contribution in [1.29, 1.82) is 0 Å². The van der Waals surface area contributed by atoms with Gasteiger partial charge in [0.2, 0.25) is 5.91 Å². The molecule has 2 N–H and O–H groups in total. The van der Waals surface area contributed by atoms with Gasteiger partial charge in [0.05, 0.1) is 10.8 Å². The fourth-order valence-corrected chi connectivity index (χ4v) is 2.82. The molecule has 2 unspecified atom stereocenters. The third-order valence-electron chi connectivity index (χ3n) is 2.96. The van der Waals surface area contributed by atoms with Gasteiger partial charge in [-0.15, -0.1) is 0 Å². The summed E-state index contributed by atoms with van der Waals surface area (Å²) in [6.07, 6.45) is 1.81. The first-order chi connectivity index (χ1) is 8.47. The van der Waals surface area contributed by atoms with Gasteiger partial charge in [0.15, 0.2) is 0 Å². The van der Waals surface area contributed by atoms with E-state index in [9.17, 15) is 9.00 Å². The lowest BCUT2D eigenvalue weighted by Gasteiger charge is -2.22. The molecule has 0 spiro atoms. The summed E-state index contributed by atoms with van der Waals surface area (Å²) in [4.78, 5) is 12.1. The van der Waals surface area contributed by atoms with Gasteiger partial charge in [-0.25, -0.2) is 5.48 Å². The van der Waals surface area contributed by atoms with Crippen molar-refractivity contribution in [3.63, 3.8) is 0 Å². The molecule has 0 fully saturated rings. The van der Waals surface area contributed by atoms with Gasteiger partial charge in [-0.2, -0.15) is 0 Å². The summed E-state index contributed by atoms with van der Waals surface area (Å²) in [5.74, 6) is -0.269. The predicted octanol–water partition coefficient (Wildman–Crippen LogP) is 2.06. The molecule has 1 aromatic rings. The Hall–Kier alpha value is -1.20. The zero-order valence-corrected chi connectivity index (χ0v) is 11.7. The first-order valence-electron chi connectivity index (χ1n) is 5.82. The molecule has 1 rings (SSSR count). The molecule has 100 valence electrons. The molecule has 0 aliphatic carbocycles. The standard InChI is InChI=1S/C13H19NO3S/c1-9(2)11(8-13(15)14-16)10-6-4-5-7-12(10)18(3)17/h4-7,9,11,16H,8H2,1-3H3,(H,14,15). The topological polar surface area (TPSA) is 66.4 Å². The average molecular weight is 269 g/mol. The van der Waals surface area contributed by atoms with Crippen molar-refractivity contribution in [2.75, 3.05) is 6.26 Å². The summed E-state index contributed by atoms with van der Waals surface area (Å²) in [7, 11) is -1.09. The lowest BCUT2D eigenvalue weighted by molar-refractivity contribution is -0.129.